The first kappa shape index (κ1) is 15.8. The normalized spacial score (nSPS) is 13.6. The Hall–Kier alpha value is -2.73. The van der Waals surface area contributed by atoms with E-state index in [0.717, 1.165) is 35.5 Å². The molecule has 1 aromatic heterocycles. The Morgan fingerprint density at radius 3 is 2.64 bits per heavy atom. The number of hydrogen-bond donors (Lipinski definition) is 1. The first-order valence-electron chi connectivity index (χ1n) is 8.12. The largest absolute Gasteiger partial charge is 0.326 e. The zero-order valence-corrected chi connectivity index (χ0v) is 14.1. The minimum atomic E-state index is -0.108. The molecule has 1 aliphatic rings. The van der Waals surface area contributed by atoms with Gasteiger partial charge in [0, 0.05) is 16.3 Å². The number of rotatable bonds is 5. The molecule has 0 aliphatic heterocycles. The van der Waals surface area contributed by atoms with Gasteiger partial charge in [0.2, 0.25) is 5.91 Å². The fraction of sp³-hybridized carbons (Fsp3) is 0.222. The van der Waals surface area contributed by atoms with E-state index < -0.39 is 0 Å². The van der Waals surface area contributed by atoms with E-state index in [1.807, 2.05) is 47.1 Å². The lowest BCUT2D eigenvalue weighted by Crippen LogP contribution is -2.14. The van der Waals surface area contributed by atoms with Crippen molar-refractivity contribution in [2.45, 2.75) is 25.3 Å². The van der Waals surface area contributed by atoms with Gasteiger partial charge in [-0.1, -0.05) is 29.8 Å². The molecule has 25 heavy (non-hydrogen) atoms. The fourth-order valence-corrected chi connectivity index (χ4v) is 2.87. The number of carbonyl (C=O) groups is 1. The summed E-state index contributed by atoms with van der Waals surface area (Å²) in [5, 5.41) is 15.4. The van der Waals surface area contributed by atoms with Crippen LogP contribution in [0.1, 0.15) is 24.4 Å². The molecule has 6 nitrogen and oxygen atoms in total. The number of tetrazole rings is 1. The van der Waals surface area contributed by atoms with Crippen LogP contribution < -0.4 is 5.32 Å². The standard InChI is InChI=1S/C18H16ClN5O/c19-16-4-2-1-3-13(16)11-17(25)20-14-7-5-12(6-8-14)18-21-22-23-24(18)15-9-10-15/h1-8,15H,9-11H2,(H,20,25). The molecule has 7 heteroatoms. The number of nitrogens with one attached hydrogen (secondary N) is 1. The Morgan fingerprint density at radius 2 is 1.92 bits per heavy atom. The highest BCUT2D eigenvalue weighted by Gasteiger charge is 2.28. The average Bonchev–Trinajstić information content (AvgIpc) is 3.35. The summed E-state index contributed by atoms with van der Waals surface area (Å²) in [6.45, 7) is 0. The van der Waals surface area contributed by atoms with Crippen LogP contribution in [0.15, 0.2) is 48.5 Å². The van der Waals surface area contributed by atoms with E-state index in [0.29, 0.717) is 11.1 Å². The Morgan fingerprint density at radius 1 is 1.16 bits per heavy atom. The summed E-state index contributed by atoms with van der Waals surface area (Å²) in [6, 6.07) is 15.3. The van der Waals surface area contributed by atoms with Gasteiger partial charge in [-0.25, -0.2) is 4.68 Å². The van der Waals surface area contributed by atoms with Crippen molar-refractivity contribution in [1.82, 2.24) is 20.2 Å². The Bertz CT molecular complexity index is 902. The first-order valence-corrected chi connectivity index (χ1v) is 8.50. The highest BCUT2D eigenvalue weighted by atomic mass is 35.5. The molecule has 0 saturated heterocycles. The number of nitrogens with zero attached hydrogens (tertiary/aromatic N) is 4. The van der Waals surface area contributed by atoms with E-state index in [4.69, 9.17) is 11.6 Å². The smallest absolute Gasteiger partial charge is 0.228 e. The van der Waals surface area contributed by atoms with Crippen molar-refractivity contribution in [3.8, 4) is 11.4 Å². The minimum Gasteiger partial charge on any atom is -0.326 e. The third-order valence-electron chi connectivity index (χ3n) is 4.12. The molecular formula is C18H16ClN5O. The van der Waals surface area contributed by atoms with E-state index in [1.165, 1.54) is 0 Å². The molecule has 1 fully saturated rings. The quantitative estimate of drug-likeness (QED) is 0.761. The van der Waals surface area contributed by atoms with Crippen LogP contribution in [-0.2, 0) is 11.2 Å². The van der Waals surface area contributed by atoms with Crippen LogP contribution in [0.4, 0.5) is 5.69 Å². The molecule has 1 heterocycles. The van der Waals surface area contributed by atoms with Crippen molar-refractivity contribution in [3.63, 3.8) is 0 Å². The molecule has 1 amide bonds. The van der Waals surface area contributed by atoms with E-state index in [9.17, 15) is 4.79 Å². The van der Waals surface area contributed by atoms with Gasteiger partial charge in [0.15, 0.2) is 5.82 Å². The minimum absolute atomic E-state index is 0.108. The number of amides is 1. The summed E-state index contributed by atoms with van der Waals surface area (Å²) in [6.07, 6.45) is 2.48. The van der Waals surface area contributed by atoms with Crippen molar-refractivity contribution in [3.05, 3.63) is 59.1 Å². The van der Waals surface area contributed by atoms with Crippen LogP contribution in [0.25, 0.3) is 11.4 Å². The number of halogens is 1. The van der Waals surface area contributed by atoms with Crippen LogP contribution in [-0.4, -0.2) is 26.1 Å². The molecular weight excluding hydrogens is 338 g/mol. The topological polar surface area (TPSA) is 72.7 Å². The van der Waals surface area contributed by atoms with E-state index in [2.05, 4.69) is 20.8 Å². The predicted octanol–water partition coefficient (Wildman–Crippen LogP) is 3.51. The van der Waals surface area contributed by atoms with Crippen molar-refractivity contribution in [1.29, 1.82) is 0 Å². The number of aromatic nitrogens is 4. The molecule has 2 aromatic carbocycles. The maximum atomic E-state index is 12.2. The van der Waals surface area contributed by atoms with Crippen LogP contribution in [0.2, 0.25) is 5.02 Å². The summed E-state index contributed by atoms with van der Waals surface area (Å²) in [5.74, 6) is 0.653. The van der Waals surface area contributed by atoms with Gasteiger partial charge < -0.3 is 5.32 Å². The van der Waals surface area contributed by atoms with Crippen molar-refractivity contribution < 1.29 is 4.79 Å². The van der Waals surface area contributed by atoms with Gasteiger partial charge in [0.1, 0.15) is 0 Å². The summed E-state index contributed by atoms with van der Waals surface area (Å²) in [5.41, 5.74) is 2.47. The zero-order chi connectivity index (χ0) is 17.2. The highest BCUT2D eigenvalue weighted by molar-refractivity contribution is 6.31. The van der Waals surface area contributed by atoms with Crippen molar-refractivity contribution >= 4 is 23.2 Å². The van der Waals surface area contributed by atoms with E-state index >= 15 is 0 Å². The Kier molecular flexibility index (Phi) is 4.19. The van der Waals surface area contributed by atoms with Crippen molar-refractivity contribution in [2.75, 3.05) is 5.32 Å². The molecule has 3 aromatic rings. The monoisotopic (exact) mass is 353 g/mol. The average molecular weight is 354 g/mol. The van der Waals surface area contributed by atoms with Crippen molar-refractivity contribution in [2.24, 2.45) is 0 Å². The Labute approximate surface area is 149 Å². The van der Waals surface area contributed by atoms with Crippen LogP contribution >= 0.6 is 11.6 Å². The number of anilines is 1. The van der Waals surface area contributed by atoms with Gasteiger partial charge in [-0.15, -0.1) is 5.10 Å². The lowest BCUT2D eigenvalue weighted by atomic mass is 10.1. The second-order valence-corrected chi connectivity index (χ2v) is 6.48. The Balaban J connectivity index is 1.44. The lowest BCUT2D eigenvalue weighted by Gasteiger charge is -2.08. The summed E-state index contributed by atoms with van der Waals surface area (Å²) >= 11 is 6.09. The first-order chi connectivity index (χ1) is 12.2. The van der Waals surface area contributed by atoms with Gasteiger partial charge >= 0.3 is 0 Å². The molecule has 126 valence electrons. The molecule has 0 unspecified atom stereocenters. The lowest BCUT2D eigenvalue weighted by molar-refractivity contribution is -0.115. The molecule has 0 spiro atoms. The SMILES string of the molecule is O=C(Cc1ccccc1Cl)Nc1ccc(-c2nnnn2C2CC2)cc1. The molecule has 0 radical (unpaired) electrons. The second-order valence-electron chi connectivity index (χ2n) is 6.07. The summed E-state index contributed by atoms with van der Waals surface area (Å²) in [4.78, 5) is 12.2. The van der Waals surface area contributed by atoms with Crippen LogP contribution in [0.5, 0.6) is 0 Å². The van der Waals surface area contributed by atoms with Gasteiger partial charge in [0.05, 0.1) is 12.5 Å². The molecule has 0 bridgehead atoms. The maximum absolute atomic E-state index is 12.2. The van der Waals surface area contributed by atoms with E-state index in [-0.39, 0.29) is 12.3 Å². The maximum Gasteiger partial charge on any atom is 0.228 e. The number of carbonyl (C=O) groups excluding carboxylic acids is 1. The van der Waals surface area contributed by atoms with Crippen LogP contribution in [0.3, 0.4) is 0 Å². The summed E-state index contributed by atoms with van der Waals surface area (Å²) < 4.78 is 1.87. The third-order valence-corrected chi connectivity index (χ3v) is 4.49. The number of hydrogen-bond acceptors (Lipinski definition) is 4. The van der Waals surface area contributed by atoms with Gasteiger partial charge in [-0.3, -0.25) is 4.79 Å². The van der Waals surface area contributed by atoms with Gasteiger partial charge in [-0.2, -0.15) is 0 Å². The fourth-order valence-electron chi connectivity index (χ4n) is 2.67. The molecule has 1 saturated carbocycles. The summed E-state index contributed by atoms with van der Waals surface area (Å²) in [7, 11) is 0. The highest BCUT2D eigenvalue weighted by Crippen LogP contribution is 2.36. The second kappa shape index (κ2) is 6.64. The third kappa shape index (κ3) is 3.53. The molecule has 1 N–H and O–H groups in total. The zero-order valence-electron chi connectivity index (χ0n) is 13.4. The van der Waals surface area contributed by atoms with Crippen LogP contribution in [0, 0.1) is 0 Å². The van der Waals surface area contributed by atoms with Gasteiger partial charge in [-0.05, 0) is 59.2 Å². The predicted molar refractivity (Wildman–Crippen MR) is 95.3 cm³/mol. The molecule has 1 aliphatic carbocycles. The van der Waals surface area contributed by atoms with Gasteiger partial charge in [0.25, 0.3) is 0 Å². The molecule has 4 rings (SSSR count). The number of benzene rings is 2. The van der Waals surface area contributed by atoms with E-state index in [1.54, 1.807) is 6.07 Å². The molecule has 0 atom stereocenters.